The van der Waals surface area contributed by atoms with Crippen molar-refractivity contribution in [2.45, 2.75) is 26.8 Å². The summed E-state index contributed by atoms with van der Waals surface area (Å²) in [6.07, 6.45) is 0.987. The summed E-state index contributed by atoms with van der Waals surface area (Å²) in [5.41, 5.74) is 2.10. The van der Waals surface area contributed by atoms with Gasteiger partial charge in [0.25, 0.3) is 5.56 Å². The van der Waals surface area contributed by atoms with Gasteiger partial charge in [0.05, 0.1) is 43.3 Å². The molecule has 2 aromatic carbocycles. The van der Waals surface area contributed by atoms with E-state index in [0.717, 1.165) is 53.7 Å². The van der Waals surface area contributed by atoms with E-state index in [1.54, 1.807) is 0 Å². The number of halogens is 1. The number of rotatable bonds is 7. The molecule has 0 radical (unpaired) electrons. The molecule has 3 aromatic rings. The van der Waals surface area contributed by atoms with Crippen molar-refractivity contribution in [1.82, 2.24) is 9.36 Å². The minimum Gasteiger partial charge on any atom is -1.00 e. The number of benzene rings is 2. The van der Waals surface area contributed by atoms with Crippen LogP contribution in [0.15, 0.2) is 59.4 Å². The molecule has 0 bridgehead atoms. The van der Waals surface area contributed by atoms with Crippen LogP contribution >= 0.6 is 0 Å². The quantitative estimate of drug-likeness (QED) is 0.373. The van der Waals surface area contributed by atoms with Crippen LogP contribution < -0.4 is 29.5 Å². The molecule has 26 heavy (non-hydrogen) atoms. The highest BCUT2D eigenvalue weighted by atomic mass is 127. The van der Waals surface area contributed by atoms with Crippen LogP contribution in [0.5, 0.6) is 0 Å². The van der Waals surface area contributed by atoms with Gasteiger partial charge in [0, 0.05) is 13.0 Å². The second-order valence-electron chi connectivity index (χ2n) is 6.92. The third-order valence-corrected chi connectivity index (χ3v) is 5.43. The summed E-state index contributed by atoms with van der Waals surface area (Å²) < 4.78 is 5.01. The maximum Gasteiger partial charge on any atom is 0.274 e. The fraction of sp³-hybridized carbons (Fsp3) is 0.381. The molecule has 5 heteroatoms. The Hall–Kier alpha value is -1.60. The fourth-order valence-electron chi connectivity index (χ4n) is 3.39. The van der Waals surface area contributed by atoms with Gasteiger partial charge in [0.15, 0.2) is 0 Å². The van der Waals surface area contributed by atoms with Gasteiger partial charge < -0.3 is 28.5 Å². The lowest BCUT2D eigenvalue weighted by molar-refractivity contribution is -0.906. The molecule has 0 amide bonds. The van der Waals surface area contributed by atoms with Crippen molar-refractivity contribution in [1.29, 1.82) is 0 Å². The number of fused-ring (bicyclic) bond motifs is 1. The lowest BCUT2D eigenvalue weighted by Crippen LogP contribution is -3.00. The Bertz CT molecular complexity index is 895. The van der Waals surface area contributed by atoms with E-state index in [1.165, 1.54) is 0 Å². The van der Waals surface area contributed by atoms with Crippen LogP contribution in [0.1, 0.15) is 20.3 Å². The first kappa shape index (κ1) is 20.7. The molecule has 0 saturated heterocycles. The molecule has 4 nitrogen and oxygen atoms in total. The summed E-state index contributed by atoms with van der Waals surface area (Å²) >= 11 is 0. The van der Waals surface area contributed by atoms with E-state index in [-0.39, 0.29) is 29.5 Å². The summed E-state index contributed by atoms with van der Waals surface area (Å²) in [4.78, 5) is 13.0. The molecule has 0 atom stereocenters. The first-order valence-corrected chi connectivity index (χ1v) is 9.19. The molecule has 1 heterocycles. The normalized spacial score (nSPS) is 11.5. The SMILES string of the molecule is CC[N+](C)(CC)CCCn1c(=O)c2ccccc2n1-c1ccccc1.[I-]. The van der Waals surface area contributed by atoms with E-state index in [1.807, 2.05) is 47.1 Å². The number of nitrogens with zero attached hydrogens (tertiary/aromatic N) is 3. The summed E-state index contributed by atoms with van der Waals surface area (Å²) in [5, 5.41) is 0.787. The zero-order valence-corrected chi connectivity index (χ0v) is 18.0. The van der Waals surface area contributed by atoms with Crippen LogP contribution in [-0.2, 0) is 6.54 Å². The number of quaternary nitrogens is 1. The van der Waals surface area contributed by atoms with Crippen LogP contribution in [0.2, 0.25) is 0 Å². The van der Waals surface area contributed by atoms with Crippen LogP contribution in [0.25, 0.3) is 16.6 Å². The third-order valence-electron chi connectivity index (χ3n) is 5.43. The number of hydrogen-bond acceptors (Lipinski definition) is 1. The second kappa shape index (κ2) is 8.86. The molecular formula is C21H28IN3O. The molecule has 0 aliphatic rings. The van der Waals surface area contributed by atoms with E-state index in [0.29, 0.717) is 0 Å². The predicted octanol–water partition coefficient (Wildman–Crippen LogP) is 0.673. The van der Waals surface area contributed by atoms with E-state index in [2.05, 4.69) is 37.7 Å². The van der Waals surface area contributed by atoms with E-state index >= 15 is 0 Å². The molecule has 140 valence electrons. The highest BCUT2D eigenvalue weighted by molar-refractivity contribution is 5.80. The Morgan fingerprint density at radius 3 is 2.19 bits per heavy atom. The van der Waals surface area contributed by atoms with Crippen LogP contribution in [0.3, 0.4) is 0 Å². The van der Waals surface area contributed by atoms with E-state index in [9.17, 15) is 4.79 Å². The smallest absolute Gasteiger partial charge is 0.274 e. The van der Waals surface area contributed by atoms with Gasteiger partial charge in [0.2, 0.25) is 0 Å². The van der Waals surface area contributed by atoms with Gasteiger partial charge in [-0.25, -0.2) is 4.68 Å². The average Bonchev–Trinajstić information content (AvgIpc) is 2.95. The van der Waals surface area contributed by atoms with Gasteiger partial charge in [-0.3, -0.25) is 9.48 Å². The zero-order valence-electron chi connectivity index (χ0n) is 15.9. The van der Waals surface area contributed by atoms with Crippen molar-refractivity contribution in [3.8, 4) is 5.69 Å². The highest BCUT2D eigenvalue weighted by Gasteiger charge is 2.18. The fourth-order valence-corrected chi connectivity index (χ4v) is 3.39. The van der Waals surface area contributed by atoms with Gasteiger partial charge in [-0.2, -0.15) is 0 Å². The molecule has 0 fully saturated rings. The maximum absolute atomic E-state index is 13.0. The molecule has 1 aromatic heterocycles. The minimum atomic E-state index is 0. The monoisotopic (exact) mass is 465 g/mol. The Morgan fingerprint density at radius 1 is 0.923 bits per heavy atom. The highest BCUT2D eigenvalue weighted by Crippen LogP contribution is 2.17. The van der Waals surface area contributed by atoms with Gasteiger partial charge in [-0.1, -0.05) is 30.3 Å². The summed E-state index contributed by atoms with van der Waals surface area (Å²) in [7, 11) is 2.29. The molecular weight excluding hydrogens is 437 g/mol. The number of hydrogen-bond donors (Lipinski definition) is 0. The Morgan fingerprint density at radius 2 is 1.54 bits per heavy atom. The van der Waals surface area contributed by atoms with Crippen molar-refractivity contribution in [3.05, 3.63) is 65.0 Å². The average molecular weight is 465 g/mol. The molecule has 3 rings (SSSR count). The van der Waals surface area contributed by atoms with Crippen LogP contribution in [0.4, 0.5) is 0 Å². The molecule has 0 aliphatic heterocycles. The maximum atomic E-state index is 13.0. The first-order chi connectivity index (χ1) is 12.1. The number of aromatic nitrogens is 2. The van der Waals surface area contributed by atoms with Gasteiger partial charge >= 0.3 is 0 Å². The largest absolute Gasteiger partial charge is 1.00 e. The lowest BCUT2D eigenvalue weighted by atomic mass is 10.2. The van der Waals surface area contributed by atoms with E-state index < -0.39 is 0 Å². The van der Waals surface area contributed by atoms with Crippen molar-refractivity contribution in [2.75, 3.05) is 26.7 Å². The summed E-state index contributed by atoms with van der Waals surface area (Å²) in [5.74, 6) is 0. The van der Waals surface area contributed by atoms with Crippen molar-refractivity contribution in [3.63, 3.8) is 0 Å². The van der Waals surface area contributed by atoms with Crippen LogP contribution in [-0.4, -0.2) is 40.5 Å². The summed E-state index contributed by atoms with van der Waals surface area (Å²) in [6.45, 7) is 8.51. The molecule has 0 aliphatic carbocycles. The minimum absolute atomic E-state index is 0. The second-order valence-corrected chi connectivity index (χ2v) is 6.92. The molecule has 0 N–H and O–H groups in total. The van der Waals surface area contributed by atoms with Gasteiger partial charge in [-0.15, -0.1) is 0 Å². The Labute approximate surface area is 172 Å². The molecule has 0 spiro atoms. The molecule has 0 saturated carbocycles. The Balaban J connectivity index is 0.00000243. The van der Waals surface area contributed by atoms with Crippen molar-refractivity contribution in [2.24, 2.45) is 0 Å². The standard InChI is InChI=1S/C21H28N3O.HI/c1-4-24(3,5-2)17-11-16-22-21(25)19-14-9-10-15-20(19)23(22)18-12-7-6-8-13-18;/h6-10,12-15H,4-5,11,16-17H2,1-3H3;1H/q+1;/p-1. The molecule has 0 unspecified atom stereocenters. The lowest BCUT2D eigenvalue weighted by Gasteiger charge is -2.32. The summed E-state index contributed by atoms with van der Waals surface area (Å²) in [6, 6.07) is 18.0. The predicted molar refractivity (Wildman–Crippen MR) is 104 cm³/mol. The number of para-hydroxylation sites is 2. The topological polar surface area (TPSA) is 26.9 Å². The van der Waals surface area contributed by atoms with Crippen LogP contribution in [0, 0.1) is 0 Å². The van der Waals surface area contributed by atoms with E-state index in [4.69, 9.17) is 0 Å². The third kappa shape index (κ3) is 4.04. The van der Waals surface area contributed by atoms with Crippen molar-refractivity contribution < 1.29 is 28.5 Å². The Kier molecular flexibility index (Phi) is 7.06. The van der Waals surface area contributed by atoms with Crippen molar-refractivity contribution >= 4 is 10.9 Å². The van der Waals surface area contributed by atoms with Gasteiger partial charge in [-0.05, 0) is 38.1 Å². The van der Waals surface area contributed by atoms with Gasteiger partial charge in [0.1, 0.15) is 0 Å². The first-order valence-electron chi connectivity index (χ1n) is 9.19. The zero-order chi connectivity index (χ0) is 17.9.